The van der Waals surface area contributed by atoms with Crippen LogP contribution in [0, 0.1) is 0 Å². The van der Waals surface area contributed by atoms with Crippen molar-refractivity contribution in [2.75, 3.05) is 13.2 Å². The maximum atomic E-state index is 12.9. The van der Waals surface area contributed by atoms with Crippen molar-refractivity contribution in [2.45, 2.75) is 361 Å². The summed E-state index contributed by atoms with van der Waals surface area (Å²) < 4.78 is 16.9. The lowest BCUT2D eigenvalue weighted by atomic mass is 10.0. The molecule has 0 N–H and O–H groups in total. The predicted molar refractivity (Wildman–Crippen MR) is 316 cm³/mol. The first-order valence-corrected chi connectivity index (χ1v) is 32.5. The standard InChI is InChI=1S/C67H124O6/c1-4-7-10-13-16-19-22-25-28-30-32-33-34-35-36-38-39-42-45-48-51-54-57-60-66(69)72-63-64(62-71-65(68)59-56-53-50-47-44-41-27-24-21-18-15-12-9-6-3)73-67(70)61-58-55-52-49-46-43-40-37-31-29-26-23-20-17-14-11-8-5-2/h20,23-24,27,29,31,64H,4-19,21-22,25-26,28,30,32-63H2,1-3H3/b23-20-,27-24-,31-29-. The Morgan fingerprint density at radius 3 is 0.781 bits per heavy atom. The average molecular weight is 1030 g/mol. The zero-order valence-corrected chi connectivity index (χ0v) is 49.2. The van der Waals surface area contributed by atoms with Crippen molar-refractivity contribution in [3.63, 3.8) is 0 Å². The molecule has 0 aromatic heterocycles. The molecule has 0 rings (SSSR count). The molecule has 0 aliphatic carbocycles. The summed E-state index contributed by atoms with van der Waals surface area (Å²) in [4.78, 5) is 38.3. The predicted octanol–water partition coefficient (Wildman–Crippen LogP) is 22.0. The van der Waals surface area contributed by atoms with Crippen LogP contribution in [0.1, 0.15) is 355 Å². The maximum absolute atomic E-state index is 12.9. The molecule has 428 valence electrons. The minimum absolute atomic E-state index is 0.0739. The third kappa shape index (κ3) is 60.4. The van der Waals surface area contributed by atoms with E-state index >= 15 is 0 Å². The molecule has 0 amide bonds. The van der Waals surface area contributed by atoms with E-state index in [4.69, 9.17) is 14.2 Å². The molecule has 73 heavy (non-hydrogen) atoms. The summed E-state index contributed by atoms with van der Waals surface area (Å²) in [6.07, 6.45) is 75.8. The Kier molecular flexibility index (Phi) is 60.2. The highest BCUT2D eigenvalue weighted by Crippen LogP contribution is 2.18. The van der Waals surface area contributed by atoms with Gasteiger partial charge in [0.25, 0.3) is 0 Å². The zero-order valence-electron chi connectivity index (χ0n) is 49.2. The normalized spacial score (nSPS) is 12.2. The summed E-state index contributed by atoms with van der Waals surface area (Å²) in [6, 6.07) is 0. The number of carbonyl (C=O) groups is 3. The SMILES string of the molecule is CCCCCC/C=C\C/C=C\CCCCCCCCCC(=O)OC(COC(=O)CCCCCCC/C=C\CCCCCCC)COC(=O)CCCCCCCCCCCCCCCCCCCCCCCCC. The zero-order chi connectivity index (χ0) is 52.9. The van der Waals surface area contributed by atoms with Crippen LogP contribution in [0.4, 0.5) is 0 Å². The number of rotatable bonds is 60. The van der Waals surface area contributed by atoms with Crippen molar-refractivity contribution in [3.8, 4) is 0 Å². The van der Waals surface area contributed by atoms with E-state index in [9.17, 15) is 14.4 Å². The van der Waals surface area contributed by atoms with Gasteiger partial charge in [-0.3, -0.25) is 14.4 Å². The molecule has 0 aromatic carbocycles. The van der Waals surface area contributed by atoms with E-state index in [1.54, 1.807) is 0 Å². The summed E-state index contributed by atoms with van der Waals surface area (Å²) in [6.45, 7) is 6.66. The first-order chi connectivity index (χ1) is 36.0. The van der Waals surface area contributed by atoms with Crippen LogP contribution in [0.2, 0.25) is 0 Å². The third-order valence-electron chi connectivity index (χ3n) is 14.6. The van der Waals surface area contributed by atoms with Crippen LogP contribution in [0.15, 0.2) is 36.5 Å². The van der Waals surface area contributed by atoms with Crippen molar-refractivity contribution < 1.29 is 28.6 Å². The van der Waals surface area contributed by atoms with Crippen LogP contribution in [0.25, 0.3) is 0 Å². The third-order valence-corrected chi connectivity index (χ3v) is 14.6. The Hall–Kier alpha value is -2.37. The van der Waals surface area contributed by atoms with Crippen molar-refractivity contribution >= 4 is 17.9 Å². The molecule has 0 heterocycles. The topological polar surface area (TPSA) is 78.9 Å². The van der Waals surface area contributed by atoms with Gasteiger partial charge >= 0.3 is 17.9 Å². The minimum atomic E-state index is -0.778. The highest BCUT2D eigenvalue weighted by atomic mass is 16.6. The van der Waals surface area contributed by atoms with Gasteiger partial charge in [0.2, 0.25) is 0 Å². The van der Waals surface area contributed by atoms with E-state index in [-0.39, 0.29) is 31.1 Å². The smallest absolute Gasteiger partial charge is 0.306 e. The number of unbranched alkanes of at least 4 members (excludes halogenated alkanes) is 43. The average Bonchev–Trinajstić information content (AvgIpc) is 3.39. The molecule has 0 bridgehead atoms. The van der Waals surface area contributed by atoms with E-state index in [1.807, 2.05) is 0 Å². The first kappa shape index (κ1) is 70.6. The Balaban J connectivity index is 4.29. The Morgan fingerprint density at radius 2 is 0.493 bits per heavy atom. The quantitative estimate of drug-likeness (QED) is 0.0261. The molecule has 0 radical (unpaired) electrons. The molecule has 0 saturated heterocycles. The van der Waals surface area contributed by atoms with Gasteiger partial charge in [-0.1, -0.05) is 295 Å². The van der Waals surface area contributed by atoms with Crippen molar-refractivity contribution in [1.82, 2.24) is 0 Å². The lowest BCUT2D eigenvalue weighted by molar-refractivity contribution is -0.167. The van der Waals surface area contributed by atoms with Crippen molar-refractivity contribution in [1.29, 1.82) is 0 Å². The lowest BCUT2D eigenvalue weighted by Gasteiger charge is -2.18. The second-order valence-corrected chi connectivity index (χ2v) is 22.0. The van der Waals surface area contributed by atoms with Gasteiger partial charge < -0.3 is 14.2 Å². The number of esters is 3. The lowest BCUT2D eigenvalue weighted by Crippen LogP contribution is -2.30. The number of hydrogen-bond donors (Lipinski definition) is 0. The minimum Gasteiger partial charge on any atom is -0.462 e. The van der Waals surface area contributed by atoms with Crippen LogP contribution < -0.4 is 0 Å². The highest BCUT2D eigenvalue weighted by Gasteiger charge is 2.19. The molecular weight excluding hydrogens is 901 g/mol. The number of ether oxygens (including phenoxy) is 3. The number of allylic oxidation sites excluding steroid dienone is 6. The molecular formula is C67H124O6. The fourth-order valence-electron chi connectivity index (χ4n) is 9.71. The van der Waals surface area contributed by atoms with E-state index in [0.717, 1.165) is 77.0 Å². The van der Waals surface area contributed by atoms with Gasteiger partial charge in [0.05, 0.1) is 0 Å². The molecule has 1 atom stereocenters. The van der Waals surface area contributed by atoms with Gasteiger partial charge in [-0.2, -0.15) is 0 Å². The highest BCUT2D eigenvalue weighted by molar-refractivity contribution is 5.71. The van der Waals surface area contributed by atoms with Gasteiger partial charge in [-0.25, -0.2) is 0 Å². The van der Waals surface area contributed by atoms with Gasteiger partial charge in [0.15, 0.2) is 6.10 Å². The van der Waals surface area contributed by atoms with E-state index in [0.29, 0.717) is 19.3 Å². The van der Waals surface area contributed by atoms with E-state index in [2.05, 4.69) is 57.2 Å². The fraction of sp³-hybridized carbons (Fsp3) is 0.866. The first-order valence-electron chi connectivity index (χ1n) is 32.5. The fourth-order valence-corrected chi connectivity index (χ4v) is 9.71. The summed E-state index contributed by atoms with van der Waals surface area (Å²) in [5.74, 6) is -0.867. The molecule has 0 aliphatic rings. The van der Waals surface area contributed by atoms with Crippen LogP contribution in [-0.2, 0) is 28.6 Å². The number of carbonyl (C=O) groups excluding carboxylic acids is 3. The van der Waals surface area contributed by atoms with Crippen LogP contribution in [-0.4, -0.2) is 37.2 Å². The Labute approximate surface area is 455 Å². The van der Waals surface area contributed by atoms with E-state index < -0.39 is 6.10 Å². The van der Waals surface area contributed by atoms with Gasteiger partial charge in [-0.05, 0) is 77.0 Å². The molecule has 0 spiro atoms. The van der Waals surface area contributed by atoms with E-state index in [1.165, 1.54) is 238 Å². The monoisotopic (exact) mass is 1020 g/mol. The maximum Gasteiger partial charge on any atom is 0.306 e. The second-order valence-electron chi connectivity index (χ2n) is 22.0. The number of hydrogen-bond acceptors (Lipinski definition) is 6. The second kappa shape index (κ2) is 62.2. The van der Waals surface area contributed by atoms with Gasteiger partial charge in [0, 0.05) is 19.3 Å². The van der Waals surface area contributed by atoms with Crippen molar-refractivity contribution in [3.05, 3.63) is 36.5 Å². The molecule has 6 heteroatoms. The largest absolute Gasteiger partial charge is 0.462 e. The summed E-state index contributed by atoms with van der Waals surface area (Å²) in [5.41, 5.74) is 0. The van der Waals surface area contributed by atoms with Gasteiger partial charge in [-0.15, -0.1) is 0 Å². The summed E-state index contributed by atoms with van der Waals surface area (Å²) >= 11 is 0. The summed E-state index contributed by atoms with van der Waals surface area (Å²) in [5, 5.41) is 0. The van der Waals surface area contributed by atoms with Crippen molar-refractivity contribution in [2.24, 2.45) is 0 Å². The van der Waals surface area contributed by atoms with Gasteiger partial charge in [0.1, 0.15) is 13.2 Å². The summed E-state index contributed by atoms with van der Waals surface area (Å²) in [7, 11) is 0. The molecule has 0 aliphatic heterocycles. The Bertz CT molecular complexity index is 1220. The van der Waals surface area contributed by atoms with Crippen LogP contribution >= 0.6 is 0 Å². The molecule has 0 saturated carbocycles. The molecule has 6 nitrogen and oxygen atoms in total. The van der Waals surface area contributed by atoms with Crippen LogP contribution in [0.3, 0.4) is 0 Å². The van der Waals surface area contributed by atoms with Crippen LogP contribution in [0.5, 0.6) is 0 Å². The molecule has 0 aromatic rings. The Morgan fingerprint density at radius 1 is 0.274 bits per heavy atom. The molecule has 1 unspecified atom stereocenters. The molecule has 0 fully saturated rings.